The van der Waals surface area contributed by atoms with E-state index >= 15 is 0 Å². The molecule has 0 bridgehead atoms. The van der Waals surface area contributed by atoms with Gasteiger partial charge in [0.1, 0.15) is 12.4 Å². The van der Waals surface area contributed by atoms with Gasteiger partial charge >= 0.3 is 12.1 Å². The Labute approximate surface area is 196 Å². The highest BCUT2D eigenvalue weighted by atomic mass is 16.5. The summed E-state index contributed by atoms with van der Waals surface area (Å²) in [6.45, 7) is 1.84. The van der Waals surface area contributed by atoms with Crippen LogP contribution >= 0.6 is 0 Å². The molecule has 0 unspecified atom stereocenters. The number of rotatable bonds is 8. The second-order valence-corrected chi connectivity index (χ2v) is 8.04. The standard InChI is InChI=1S/C25H24N4O5/c1-15(10-23(30)31)29-24(32)16-11-26-22(27-12-16)13-28-25(33)34-14-21-19-8-4-2-6-17(19)18-7-3-5-9-20(18)21/h2-9,11-12,15,21H,10,13-14H2,1H3,(H,28,33)(H,29,32)(H,30,31)/t15-/m1/s1. The molecule has 0 saturated heterocycles. The minimum Gasteiger partial charge on any atom is -0.481 e. The van der Waals surface area contributed by atoms with Crippen molar-refractivity contribution in [2.24, 2.45) is 0 Å². The van der Waals surface area contributed by atoms with E-state index in [1.165, 1.54) is 12.4 Å². The predicted molar refractivity (Wildman–Crippen MR) is 123 cm³/mol. The van der Waals surface area contributed by atoms with Crippen molar-refractivity contribution in [3.8, 4) is 11.1 Å². The monoisotopic (exact) mass is 460 g/mol. The number of amides is 2. The molecule has 2 aromatic carbocycles. The highest BCUT2D eigenvalue weighted by Crippen LogP contribution is 2.44. The summed E-state index contributed by atoms with van der Waals surface area (Å²) in [6, 6.07) is 15.7. The quantitative estimate of drug-likeness (QED) is 0.471. The number of carboxylic acids is 1. The first-order valence-electron chi connectivity index (χ1n) is 10.8. The van der Waals surface area contributed by atoms with Crippen molar-refractivity contribution in [3.63, 3.8) is 0 Å². The van der Waals surface area contributed by atoms with Crippen molar-refractivity contribution in [2.45, 2.75) is 31.8 Å². The Kier molecular flexibility index (Phi) is 6.82. The minimum atomic E-state index is -1.00. The van der Waals surface area contributed by atoms with Gasteiger partial charge in [0.15, 0.2) is 0 Å². The van der Waals surface area contributed by atoms with Crippen molar-refractivity contribution < 1.29 is 24.2 Å². The molecule has 2 amide bonds. The van der Waals surface area contributed by atoms with E-state index in [9.17, 15) is 14.4 Å². The van der Waals surface area contributed by atoms with Crippen LogP contribution in [0, 0.1) is 0 Å². The van der Waals surface area contributed by atoms with E-state index in [0.717, 1.165) is 22.3 Å². The summed E-state index contributed by atoms with van der Waals surface area (Å²) in [4.78, 5) is 43.3. The lowest BCUT2D eigenvalue weighted by atomic mass is 9.98. The first-order valence-corrected chi connectivity index (χ1v) is 10.8. The lowest BCUT2D eigenvalue weighted by Gasteiger charge is -2.14. The van der Waals surface area contributed by atoms with Crippen LogP contribution in [-0.2, 0) is 16.1 Å². The molecule has 1 aliphatic rings. The molecule has 34 heavy (non-hydrogen) atoms. The van der Waals surface area contributed by atoms with Crippen LogP contribution in [0.5, 0.6) is 0 Å². The Morgan fingerprint density at radius 3 is 2.18 bits per heavy atom. The van der Waals surface area contributed by atoms with Crippen molar-refractivity contribution in [1.82, 2.24) is 20.6 Å². The number of fused-ring (bicyclic) bond motifs is 3. The highest BCUT2D eigenvalue weighted by Gasteiger charge is 2.29. The van der Waals surface area contributed by atoms with E-state index in [-0.39, 0.29) is 31.1 Å². The van der Waals surface area contributed by atoms with Gasteiger partial charge in [-0.1, -0.05) is 48.5 Å². The van der Waals surface area contributed by atoms with E-state index in [4.69, 9.17) is 9.84 Å². The smallest absolute Gasteiger partial charge is 0.407 e. The maximum Gasteiger partial charge on any atom is 0.407 e. The lowest BCUT2D eigenvalue weighted by Crippen LogP contribution is -2.34. The van der Waals surface area contributed by atoms with Crippen molar-refractivity contribution in [3.05, 3.63) is 83.4 Å². The average molecular weight is 460 g/mol. The van der Waals surface area contributed by atoms with Gasteiger partial charge in [0, 0.05) is 24.4 Å². The number of nitrogens with one attached hydrogen (secondary N) is 2. The van der Waals surface area contributed by atoms with Crippen LogP contribution in [-0.4, -0.2) is 45.7 Å². The Bertz CT molecular complexity index is 1170. The molecule has 1 atom stereocenters. The first kappa shape index (κ1) is 22.9. The molecule has 4 rings (SSSR count). The van der Waals surface area contributed by atoms with E-state index in [0.29, 0.717) is 5.82 Å². The molecule has 0 spiro atoms. The molecule has 0 saturated carbocycles. The molecule has 0 radical (unpaired) electrons. The fourth-order valence-electron chi connectivity index (χ4n) is 3.98. The SMILES string of the molecule is C[C@H](CC(=O)O)NC(=O)c1cnc(CNC(=O)OCC2c3ccccc3-c3ccccc32)nc1. The van der Waals surface area contributed by atoms with E-state index in [1.54, 1.807) is 6.92 Å². The van der Waals surface area contributed by atoms with E-state index in [2.05, 4.69) is 44.9 Å². The molecule has 0 aliphatic heterocycles. The Morgan fingerprint density at radius 1 is 1.00 bits per heavy atom. The maximum absolute atomic E-state index is 12.3. The van der Waals surface area contributed by atoms with Gasteiger partial charge in [-0.05, 0) is 29.2 Å². The zero-order valence-corrected chi connectivity index (χ0v) is 18.5. The van der Waals surface area contributed by atoms with Crippen LogP contribution in [0.4, 0.5) is 4.79 Å². The summed E-state index contributed by atoms with van der Waals surface area (Å²) in [5.41, 5.74) is 4.77. The largest absolute Gasteiger partial charge is 0.481 e. The number of aromatic nitrogens is 2. The zero-order chi connectivity index (χ0) is 24.1. The molecular formula is C25H24N4O5. The molecule has 3 N–H and O–H groups in total. The van der Waals surface area contributed by atoms with Gasteiger partial charge in [-0.15, -0.1) is 0 Å². The molecule has 1 aromatic heterocycles. The maximum atomic E-state index is 12.3. The normalized spacial score (nSPS) is 12.9. The predicted octanol–water partition coefficient (Wildman–Crippen LogP) is 3.11. The fourth-order valence-corrected chi connectivity index (χ4v) is 3.98. The third-order valence-electron chi connectivity index (χ3n) is 5.56. The number of nitrogens with zero attached hydrogens (tertiary/aromatic N) is 2. The minimum absolute atomic E-state index is 0.0317. The van der Waals surface area contributed by atoms with Gasteiger partial charge in [-0.25, -0.2) is 14.8 Å². The van der Waals surface area contributed by atoms with Crippen LogP contribution in [0.2, 0.25) is 0 Å². The van der Waals surface area contributed by atoms with Gasteiger partial charge in [-0.3, -0.25) is 9.59 Å². The number of carbonyl (C=O) groups excluding carboxylic acids is 2. The first-order chi connectivity index (χ1) is 16.4. The molecule has 9 heteroatoms. The van der Waals surface area contributed by atoms with E-state index < -0.39 is 24.0 Å². The molecule has 174 valence electrons. The third kappa shape index (κ3) is 5.20. The van der Waals surface area contributed by atoms with Gasteiger partial charge in [-0.2, -0.15) is 0 Å². The third-order valence-corrected chi connectivity index (χ3v) is 5.56. The number of ether oxygens (including phenoxy) is 1. The van der Waals surface area contributed by atoms with Gasteiger partial charge in [0.2, 0.25) is 0 Å². The number of aliphatic carboxylic acids is 1. The molecule has 9 nitrogen and oxygen atoms in total. The second-order valence-electron chi connectivity index (χ2n) is 8.04. The van der Waals surface area contributed by atoms with E-state index in [1.807, 2.05) is 24.3 Å². The van der Waals surface area contributed by atoms with Crippen molar-refractivity contribution in [1.29, 1.82) is 0 Å². The van der Waals surface area contributed by atoms with Crippen LogP contribution < -0.4 is 10.6 Å². The van der Waals surface area contributed by atoms with Crippen LogP contribution in [0.15, 0.2) is 60.9 Å². The summed E-state index contributed by atoms with van der Waals surface area (Å²) < 4.78 is 5.48. The molecule has 1 heterocycles. The van der Waals surface area contributed by atoms with Crippen molar-refractivity contribution >= 4 is 18.0 Å². The lowest BCUT2D eigenvalue weighted by molar-refractivity contribution is -0.137. The number of benzene rings is 2. The Hall–Kier alpha value is -4.27. The summed E-state index contributed by atoms with van der Waals surface area (Å²) >= 11 is 0. The molecule has 1 aliphatic carbocycles. The van der Waals surface area contributed by atoms with Gasteiger partial charge in [0.25, 0.3) is 5.91 Å². The number of carboxylic acid groups (broad SMARTS) is 1. The van der Waals surface area contributed by atoms with Crippen molar-refractivity contribution in [2.75, 3.05) is 6.61 Å². The Balaban J connectivity index is 1.29. The fraction of sp³-hybridized carbons (Fsp3) is 0.240. The summed E-state index contributed by atoms with van der Waals surface area (Å²) in [5, 5.41) is 14.0. The van der Waals surface area contributed by atoms with Crippen LogP contribution in [0.25, 0.3) is 11.1 Å². The summed E-state index contributed by atoms with van der Waals surface area (Å²) in [7, 11) is 0. The second kappa shape index (κ2) is 10.1. The molecule has 0 fully saturated rings. The summed E-state index contributed by atoms with van der Waals surface area (Å²) in [6.07, 6.45) is 1.87. The Morgan fingerprint density at radius 2 is 1.59 bits per heavy atom. The average Bonchev–Trinajstić information content (AvgIpc) is 3.15. The topological polar surface area (TPSA) is 131 Å². The number of hydrogen-bond donors (Lipinski definition) is 3. The number of hydrogen-bond acceptors (Lipinski definition) is 6. The zero-order valence-electron chi connectivity index (χ0n) is 18.5. The number of carbonyl (C=O) groups is 3. The van der Waals surface area contributed by atoms with Gasteiger partial charge in [0.05, 0.1) is 18.5 Å². The molecular weight excluding hydrogens is 436 g/mol. The van der Waals surface area contributed by atoms with Crippen LogP contribution in [0.1, 0.15) is 46.6 Å². The number of alkyl carbamates (subject to hydrolysis) is 1. The molecule has 3 aromatic rings. The summed E-state index contributed by atoms with van der Waals surface area (Å²) in [5.74, 6) is -1.19. The van der Waals surface area contributed by atoms with Gasteiger partial charge < -0.3 is 20.5 Å². The van der Waals surface area contributed by atoms with Crippen LogP contribution in [0.3, 0.4) is 0 Å². The highest BCUT2D eigenvalue weighted by molar-refractivity contribution is 5.94.